The number of hydrogen-bond donors (Lipinski definition) is 2. The predicted octanol–water partition coefficient (Wildman–Crippen LogP) is 3.29. The number of anilines is 1. The third kappa shape index (κ3) is 7.05. The fraction of sp³-hybridized carbons (Fsp3) is 0.158. The van der Waals surface area contributed by atoms with Crippen LogP contribution in [0.2, 0.25) is 5.02 Å². The van der Waals surface area contributed by atoms with E-state index in [0.29, 0.717) is 16.5 Å². The number of rotatable bonds is 9. The number of aromatic nitrogens is 2. The summed E-state index contributed by atoms with van der Waals surface area (Å²) in [6, 6.07) is 12.1. The zero-order chi connectivity index (χ0) is 21.3. The molecule has 0 aliphatic carbocycles. The number of carbonyl (C=O) groups excluding carboxylic acids is 2. The summed E-state index contributed by atoms with van der Waals surface area (Å²) < 4.78 is 23.6. The standard InChI is InChI=1S/C19H16ClFN4O4S/c20-12-1-7-15(8-2-12)28-10-16(26)22-9-18-24-25-19(29-18)30-11-17(27)23-14-5-3-13(21)4-6-14/h1-8H,9-11H2,(H,22,26)(H,23,27). The second kappa shape index (κ2) is 10.6. The highest BCUT2D eigenvalue weighted by molar-refractivity contribution is 7.99. The van der Waals surface area contributed by atoms with E-state index in [0.717, 1.165) is 11.8 Å². The minimum Gasteiger partial charge on any atom is -0.484 e. The van der Waals surface area contributed by atoms with E-state index in [4.69, 9.17) is 20.8 Å². The molecule has 0 saturated carbocycles. The van der Waals surface area contributed by atoms with Gasteiger partial charge in [-0.3, -0.25) is 9.59 Å². The molecule has 0 spiro atoms. The molecule has 2 amide bonds. The number of benzene rings is 2. The molecular formula is C19H16ClFN4O4S. The first-order valence-corrected chi connectivity index (χ1v) is 10.00. The van der Waals surface area contributed by atoms with Crippen LogP contribution in [0.25, 0.3) is 0 Å². The van der Waals surface area contributed by atoms with Gasteiger partial charge >= 0.3 is 0 Å². The molecule has 0 unspecified atom stereocenters. The Kier molecular flexibility index (Phi) is 7.63. The minimum atomic E-state index is -0.385. The van der Waals surface area contributed by atoms with Gasteiger partial charge in [-0.2, -0.15) is 0 Å². The van der Waals surface area contributed by atoms with Crippen LogP contribution in [0.3, 0.4) is 0 Å². The van der Waals surface area contributed by atoms with E-state index in [-0.39, 0.29) is 47.6 Å². The molecule has 0 fully saturated rings. The van der Waals surface area contributed by atoms with Crippen LogP contribution in [-0.2, 0) is 16.1 Å². The fourth-order valence-electron chi connectivity index (χ4n) is 2.13. The summed E-state index contributed by atoms with van der Waals surface area (Å²) in [5, 5.41) is 13.6. The van der Waals surface area contributed by atoms with Gasteiger partial charge in [-0.15, -0.1) is 10.2 Å². The molecule has 0 saturated heterocycles. The third-order valence-corrected chi connectivity index (χ3v) is 4.59. The van der Waals surface area contributed by atoms with Crippen molar-refractivity contribution in [2.75, 3.05) is 17.7 Å². The molecule has 30 heavy (non-hydrogen) atoms. The van der Waals surface area contributed by atoms with Crippen molar-refractivity contribution >= 4 is 40.9 Å². The molecule has 2 N–H and O–H groups in total. The van der Waals surface area contributed by atoms with Gasteiger partial charge in [0.15, 0.2) is 6.61 Å². The van der Waals surface area contributed by atoms with Gasteiger partial charge < -0.3 is 19.8 Å². The van der Waals surface area contributed by atoms with E-state index >= 15 is 0 Å². The Bertz CT molecular complexity index is 999. The molecule has 3 aromatic rings. The quantitative estimate of drug-likeness (QED) is 0.482. The highest BCUT2D eigenvalue weighted by Gasteiger charge is 2.11. The van der Waals surface area contributed by atoms with Gasteiger partial charge in [-0.05, 0) is 48.5 Å². The molecule has 2 aromatic carbocycles. The number of hydrogen-bond acceptors (Lipinski definition) is 7. The monoisotopic (exact) mass is 450 g/mol. The van der Waals surface area contributed by atoms with Gasteiger partial charge in [0.05, 0.1) is 12.3 Å². The summed E-state index contributed by atoms with van der Waals surface area (Å²) in [5.41, 5.74) is 0.483. The van der Waals surface area contributed by atoms with Crippen molar-refractivity contribution in [3.05, 3.63) is 65.3 Å². The molecule has 1 aromatic heterocycles. The Balaban J connectivity index is 1.37. The second-order valence-electron chi connectivity index (χ2n) is 5.82. The van der Waals surface area contributed by atoms with E-state index < -0.39 is 0 Å². The maximum atomic E-state index is 12.9. The Hall–Kier alpha value is -3.11. The maximum absolute atomic E-state index is 12.9. The van der Waals surface area contributed by atoms with E-state index in [1.165, 1.54) is 24.3 Å². The van der Waals surface area contributed by atoms with Crippen molar-refractivity contribution in [1.82, 2.24) is 15.5 Å². The summed E-state index contributed by atoms with van der Waals surface area (Å²) >= 11 is 6.82. The maximum Gasteiger partial charge on any atom is 0.277 e. The van der Waals surface area contributed by atoms with Gasteiger partial charge in [-0.1, -0.05) is 23.4 Å². The van der Waals surface area contributed by atoms with Crippen LogP contribution in [0.15, 0.2) is 58.2 Å². The smallest absolute Gasteiger partial charge is 0.277 e. The van der Waals surface area contributed by atoms with Gasteiger partial charge in [0.25, 0.3) is 11.1 Å². The highest BCUT2D eigenvalue weighted by atomic mass is 35.5. The van der Waals surface area contributed by atoms with Gasteiger partial charge in [0.2, 0.25) is 11.8 Å². The first kappa shape index (κ1) is 21.6. The van der Waals surface area contributed by atoms with Gasteiger partial charge in [0.1, 0.15) is 11.6 Å². The van der Waals surface area contributed by atoms with Crippen molar-refractivity contribution in [3.8, 4) is 5.75 Å². The van der Waals surface area contributed by atoms with Crippen LogP contribution in [0.1, 0.15) is 5.89 Å². The Labute approximate surface area is 180 Å². The van der Waals surface area contributed by atoms with Crippen LogP contribution in [0.4, 0.5) is 10.1 Å². The number of carbonyl (C=O) groups is 2. The molecule has 11 heteroatoms. The largest absolute Gasteiger partial charge is 0.484 e. The van der Waals surface area contributed by atoms with Gasteiger partial charge in [0, 0.05) is 10.7 Å². The van der Waals surface area contributed by atoms with Crippen molar-refractivity contribution in [3.63, 3.8) is 0 Å². The van der Waals surface area contributed by atoms with E-state index in [1.807, 2.05) is 0 Å². The van der Waals surface area contributed by atoms with Crippen molar-refractivity contribution < 1.29 is 23.1 Å². The summed E-state index contributed by atoms with van der Waals surface area (Å²) in [5.74, 6) is -0.319. The molecule has 1 heterocycles. The average Bonchev–Trinajstić information content (AvgIpc) is 3.20. The number of nitrogens with one attached hydrogen (secondary N) is 2. The summed E-state index contributed by atoms with van der Waals surface area (Å²) in [7, 11) is 0. The normalized spacial score (nSPS) is 10.5. The molecule has 3 rings (SSSR count). The SMILES string of the molecule is O=C(COc1ccc(Cl)cc1)NCc1nnc(SCC(=O)Nc2ccc(F)cc2)o1. The lowest BCUT2D eigenvalue weighted by molar-refractivity contribution is -0.123. The zero-order valence-electron chi connectivity index (χ0n) is 15.4. The average molecular weight is 451 g/mol. The highest BCUT2D eigenvalue weighted by Crippen LogP contribution is 2.17. The zero-order valence-corrected chi connectivity index (χ0v) is 17.0. The van der Waals surface area contributed by atoms with Crippen molar-refractivity contribution in [2.24, 2.45) is 0 Å². The number of nitrogens with zero attached hydrogens (tertiary/aromatic N) is 2. The number of ether oxygens (including phenoxy) is 1. The summed E-state index contributed by atoms with van der Waals surface area (Å²) in [6.07, 6.45) is 0. The van der Waals surface area contributed by atoms with E-state index in [2.05, 4.69) is 20.8 Å². The second-order valence-corrected chi connectivity index (χ2v) is 7.19. The first-order valence-electron chi connectivity index (χ1n) is 8.63. The lowest BCUT2D eigenvalue weighted by Gasteiger charge is -2.06. The fourth-order valence-corrected chi connectivity index (χ4v) is 2.84. The van der Waals surface area contributed by atoms with E-state index in [9.17, 15) is 14.0 Å². The molecule has 0 aliphatic heterocycles. The van der Waals surface area contributed by atoms with Crippen molar-refractivity contribution in [2.45, 2.75) is 11.8 Å². The number of thioether (sulfide) groups is 1. The van der Waals surface area contributed by atoms with E-state index in [1.54, 1.807) is 24.3 Å². The van der Waals surface area contributed by atoms with Crippen LogP contribution < -0.4 is 15.4 Å². The lowest BCUT2D eigenvalue weighted by atomic mass is 10.3. The molecular weight excluding hydrogens is 435 g/mol. The van der Waals surface area contributed by atoms with Crippen molar-refractivity contribution in [1.29, 1.82) is 0 Å². The molecule has 0 radical (unpaired) electrons. The van der Waals surface area contributed by atoms with Crippen LogP contribution >= 0.6 is 23.4 Å². The lowest BCUT2D eigenvalue weighted by Crippen LogP contribution is -2.28. The Morgan fingerprint density at radius 1 is 1.07 bits per heavy atom. The molecule has 8 nitrogen and oxygen atoms in total. The molecule has 0 bridgehead atoms. The molecule has 156 valence electrons. The first-order chi connectivity index (χ1) is 14.5. The minimum absolute atomic E-state index is 0.0259. The Morgan fingerprint density at radius 3 is 2.53 bits per heavy atom. The predicted molar refractivity (Wildman–Crippen MR) is 109 cm³/mol. The summed E-state index contributed by atoms with van der Waals surface area (Å²) in [6.45, 7) is -0.154. The van der Waals surface area contributed by atoms with Crippen LogP contribution in [0.5, 0.6) is 5.75 Å². The topological polar surface area (TPSA) is 106 Å². The van der Waals surface area contributed by atoms with Crippen LogP contribution in [-0.4, -0.2) is 34.4 Å². The summed E-state index contributed by atoms with van der Waals surface area (Å²) in [4.78, 5) is 23.7. The Morgan fingerprint density at radius 2 is 1.80 bits per heavy atom. The number of halogens is 2. The number of amides is 2. The third-order valence-electron chi connectivity index (χ3n) is 3.52. The van der Waals surface area contributed by atoms with Gasteiger partial charge in [-0.25, -0.2) is 4.39 Å². The molecule has 0 aliphatic rings. The van der Waals surface area contributed by atoms with Crippen LogP contribution in [0, 0.1) is 5.82 Å². The molecule has 0 atom stereocenters.